The molecule has 6 nitrogen and oxygen atoms in total. The van der Waals surface area contributed by atoms with Gasteiger partial charge >= 0.3 is 5.97 Å². The number of fused-ring (bicyclic) bond motifs is 1. The number of hydrogen-bond donors (Lipinski definition) is 1. The molecule has 8 heteroatoms. The molecule has 4 rings (SSSR count). The Labute approximate surface area is 213 Å². The van der Waals surface area contributed by atoms with Gasteiger partial charge in [-0.2, -0.15) is 0 Å². The summed E-state index contributed by atoms with van der Waals surface area (Å²) in [6.07, 6.45) is 0.581. The Morgan fingerprint density at radius 1 is 1.06 bits per heavy atom. The minimum absolute atomic E-state index is 0.262. The van der Waals surface area contributed by atoms with Crippen molar-refractivity contribution < 1.29 is 18.7 Å². The molecule has 0 bridgehead atoms. The summed E-state index contributed by atoms with van der Waals surface area (Å²) in [5.74, 6) is -0.137. The van der Waals surface area contributed by atoms with Crippen LogP contribution < -0.4 is 5.32 Å². The SMILES string of the molecule is CC(=O)OCC(=O)Nc1c(CC(C)C)oc2nc(-c3ccccc3Cl)c(-c3ccc(Cl)cc3)cc12. The van der Waals surface area contributed by atoms with E-state index in [1.54, 1.807) is 18.2 Å². The Hall–Kier alpha value is -3.35. The standard InChI is InChI=1S/C27H24Cl2N2O4/c1-15(2)12-23-26(30-24(33)14-34-16(3)32)21-13-20(17-8-10-18(28)11-9-17)25(31-27(21)35-23)19-6-4-5-7-22(19)29/h4-11,13,15H,12,14H2,1-3H3,(H,30,33). The second-order valence-corrected chi connectivity index (χ2v) is 9.39. The van der Waals surface area contributed by atoms with Crippen molar-refractivity contribution in [3.05, 3.63) is 70.4 Å². The molecule has 0 atom stereocenters. The number of nitrogens with one attached hydrogen (secondary N) is 1. The topological polar surface area (TPSA) is 81.4 Å². The second-order valence-electron chi connectivity index (χ2n) is 8.55. The number of anilines is 1. The van der Waals surface area contributed by atoms with Gasteiger partial charge in [0, 0.05) is 34.5 Å². The van der Waals surface area contributed by atoms with Crippen LogP contribution in [0.4, 0.5) is 5.69 Å². The quantitative estimate of drug-likeness (QED) is 0.266. The molecule has 0 aliphatic carbocycles. The van der Waals surface area contributed by atoms with Gasteiger partial charge in [-0.15, -0.1) is 0 Å². The van der Waals surface area contributed by atoms with Crippen LogP contribution >= 0.6 is 23.2 Å². The van der Waals surface area contributed by atoms with E-state index in [9.17, 15) is 9.59 Å². The lowest BCUT2D eigenvalue weighted by molar-refractivity contribution is -0.144. The number of hydrogen-bond acceptors (Lipinski definition) is 5. The molecule has 35 heavy (non-hydrogen) atoms. The number of ether oxygens (including phenoxy) is 1. The summed E-state index contributed by atoms with van der Waals surface area (Å²) in [5, 5.41) is 4.66. The van der Waals surface area contributed by atoms with Crippen LogP contribution in [0, 0.1) is 5.92 Å². The maximum Gasteiger partial charge on any atom is 0.303 e. The van der Waals surface area contributed by atoms with Gasteiger partial charge in [-0.3, -0.25) is 9.59 Å². The van der Waals surface area contributed by atoms with E-state index in [1.165, 1.54) is 6.92 Å². The predicted octanol–water partition coefficient (Wildman–Crippen LogP) is 7.17. The van der Waals surface area contributed by atoms with Crippen molar-refractivity contribution in [2.24, 2.45) is 5.92 Å². The van der Waals surface area contributed by atoms with Crippen molar-refractivity contribution in [2.45, 2.75) is 27.2 Å². The molecule has 2 aromatic carbocycles. The fraction of sp³-hybridized carbons (Fsp3) is 0.222. The molecule has 0 saturated carbocycles. The average Bonchev–Trinajstić information content (AvgIpc) is 3.13. The molecule has 1 amide bonds. The smallest absolute Gasteiger partial charge is 0.303 e. The van der Waals surface area contributed by atoms with Crippen LogP contribution in [0.3, 0.4) is 0 Å². The Bertz CT molecular complexity index is 1390. The number of carbonyl (C=O) groups excluding carboxylic acids is 2. The first-order valence-electron chi connectivity index (χ1n) is 11.1. The number of furan rings is 1. The molecule has 0 radical (unpaired) electrons. The van der Waals surface area contributed by atoms with E-state index in [0.717, 1.165) is 16.7 Å². The first-order valence-corrected chi connectivity index (χ1v) is 11.9. The fourth-order valence-electron chi connectivity index (χ4n) is 3.77. The number of rotatable bonds is 7. The van der Waals surface area contributed by atoms with Crippen LogP contribution in [0.2, 0.25) is 10.0 Å². The summed E-state index contributed by atoms with van der Waals surface area (Å²) in [6.45, 7) is 4.97. The monoisotopic (exact) mass is 510 g/mol. The number of carbonyl (C=O) groups is 2. The van der Waals surface area contributed by atoms with Crippen molar-refractivity contribution in [2.75, 3.05) is 11.9 Å². The highest BCUT2D eigenvalue weighted by Gasteiger charge is 2.23. The van der Waals surface area contributed by atoms with Gasteiger partial charge in [-0.1, -0.05) is 67.4 Å². The van der Waals surface area contributed by atoms with E-state index in [2.05, 4.69) is 19.2 Å². The van der Waals surface area contributed by atoms with Crippen LogP contribution in [-0.4, -0.2) is 23.5 Å². The van der Waals surface area contributed by atoms with Gasteiger partial charge in [0.2, 0.25) is 5.71 Å². The molecule has 4 aromatic rings. The zero-order valence-electron chi connectivity index (χ0n) is 19.5. The van der Waals surface area contributed by atoms with Crippen molar-refractivity contribution >= 4 is 51.9 Å². The zero-order valence-corrected chi connectivity index (χ0v) is 21.0. The van der Waals surface area contributed by atoms with Crippen molar-refractivity contribution in [1.82, 2.24) is 4.98 Å². The molecular weight excluding hydrogens is 487 g/mol. The lowest BCUT2D eigenvalue weighted by Crippen LogP contribution is -2.20. The van der Waals surface area contributed by atoms with Crippen LogP contribution in [-0.2, 0) is 20.7 Å². The third kappa shape index (κ3) is 5.66. The second kappa shape index (κ2) is 10.5. The number of pyridine rings is 1. The number of amides is 1. The molecule has 180 valence electrons. The Kier molecular flexibility index (Phi) is 7.43. The summed E-state index contributed by atoms with van der Waals surface area (Å²) in [6, 6.07) is 16.8. The molecule has 2 aromatic heterocycles. The Morgan fingerprint density at radius 2 is 1.77 bits per heavy atom. The summed E-state index contributed by atoms with van der Waals surface area (Å²) in [7, 11) is 0. The Balaban J connectivity index is 1.93. The highest BCUT2D eigenvalue weighted by atomic mass is 35.5. The summed E-state index contributed by atoms with van der Waals surface area (Å²) in [4.78, 5) is 28.5. The number of benzene rings is 2. The summed E-state index contributed by atoms with van der Waals surface area (Å²) in [5.41, 5.74) is 3.96. The molecule has 0 fully saturated rings. The lowest BCUT2D eigenvalue weighted by atomic mass is 9.98. The number of halogens is 2. The Morgan fingerprint density at radius 3 is 2.43 bits per heavy atom. The van der Waals surface area contributed by atoms with Gasteiger partial charge in [0.25, 0.3) is 5.91 Å². The van der Waals surface area contributed by atoms with E-state index in [0.29, 0.717) is 44.7 Å². The number of aromatic nitrogens is 1. The number of esters is 1. The minimum atomic E-state index is -0.532. The van der Waals surface area contributed by atoms with Gasteiger partial charge in [0.05, 0.1) is 16.8 Å². The lowest BCUT2D eigenvalue weighted by Gasteiger charge is -2.12. The molecule has 0 aliphatic heterocycles. The van der Waals surface area contributed by atoms with Crippen LogP contribution in [0.1, 0.15) is 26.5 Å². The van der Waals surface area contributed by atoms with Crippen LogP contribution in [0.15, 0.2) is 59.0 Å². The fourth-order valence-corrected chi connectivity index (χ4v) is 4.12. The summed E-state index contributed by atoms with van der Waals surface area (Å²) < 4.78 is 11.0. The highest BCUT2D eigenvalue weighted by molar-refractivity contribution is 6.33. The first-order chi connectivity index (χ1) is 16.7. The van der Waals surface area contributed by atoms with Gasteiger partial charge in [-0.25, -0.2) is 4.98 Å². The molecule has 0 spiro atoms. The third-order valence-corrected chi connectivity index (χ3v) is 5.89. The maximum absolute atomic E-state index is 12.5. The van der Waals surface area contributed by atoms with Crippen LogP contribution in [0.25, 0.3) is 33.5 Å². The van der Waals surface area contributed by atoms with Crippen molar-refractivity contribution in [3.8, 4) is 22.4 Å². The van der Waals surface area contributed by atoms with E-state index in [-0.39, 0.29) is 5.92 Å². The molecule has 2 heterocycles. The average molecular weight is 511 g/mol. The van der Waals surface area contributed by atoms with Gasteiger partial charge in [0.15, 0.2) is 6.61 Å². The molecule has 0 unspecified atom stereocenters. The van der Waals surface area contributed by atoms with E-state index in [4.69, 9.17) is 37.3 Å². The van der Waals surface area contributed by atoms with Crippen LogP contribution in [0.5, 0.6) is 0 Å². The predicted molar refractivity (Wildman–Crippen MR) is 139 cm³/mol. The molecule has 0 aliphatic rings. The van der Waals surface area contributed by atoms with Crippen molar-refractivity contribution in [3.63, 3.8) is 0 Å². The summed E-state index contributed by atoms with van der Waals surface area (Å²) >= 11 is 12.7. The highest BCUT2D eigenvalue weighted by Crippen LogP contribution is 2.41. The normalized spacial score (nSPS) is 11.1. The molecule has 1 N–H and O–H groups in total. The largest absolute Gasteiger partial charge is 0.456 e. The van der Waals surface area contributed by atoms with Gasteiger partial charge in [-0.05, 0) is 35.7 Å². The molecular formula is C27H24Cl2N2O4. The van der Waals surface area contributed by atoms with Crippen molar-refractivity contribution in [1.29, 1.82) is 0 Å². The van der Waals surface area contributed by atoms with E-state index in [1.807, 2.05) is 36.4 Å². The first kappa shape index (κ1) is 24.8. The van der Waals surface area contributed by atoms with Gasteiger partial charge in [0.1, 0.15) is 5.76 Å². The molecule has 0 saturated heterocycles. The maximum atomic E-state index is 12.5. The van der Waals surface area contributed by atoms with Gasteiger partial charge < -0.3 is 14.5 Å². The van der Waals surface area contributed by atoms with E-state index >= 15 is 0 Å². The number of nitrogens with zero attached hydrogens (tertiary/aromatic N) is 1. The minimum Gasteiger partial charge on any atom is -0.456 e. The third-order valence-electron chi connectivity index (χ3n) is 5.30. The van der Waals surface area contributed by atoms with E-state index < -0.39 is 18.5 Å². The zero-order chi connectivity index (χ0) is 25.1.